The van der Waals surface area contributed by atoms with Crippen molar-refractivity contribution in [2.75, 3.05) is 20.6 Å². The average Bonchev–Trinajstić information content (AvgIpc) is 2.34. The van der Waals surface area contributed by atoms with E-state index in [9.17, 15) is 8.42 Å². The molecule has 0 bridgehead atoms. The van der Waals surface area contributed by atoms with E-state index in [0.29, 0.717) is 22.5 Å². The van der Waals surface area contributed by atoms with Crippen molar-refractivity contribution in [3.63, 3.8) is 0 Å². The van der Waals surface area contributed by atoms with Crippen LogP contribution in [0.5, 0.6) is 0 Å². The fraction of sp³-hybridized carbons (Fsp3) is 0.538. The monoisotopic (exact) mass is 348 g/mol. The van der Waals surface area contributed by atoms with Crippen LogP contribution in [0, 0.1) is 6.92 Å². The zero-order valence-electron chi connectivity index (χ0n) is 11.8. The number of nitrogens with zero attached hydrogens (tertiary/aromatic N) is 1. The van der Waals surface area contributed by atoms with E-state index in [1.807, 2.05) is 27.0 Å². The highest BCUT2D eigenvalue weighted by molar-refractivity contribution is 9.10. The van der Waals surface area contributed by atoms with Gasteiger partial charge in [-0.05, 0) is 53.5 Å². The summed E-state index contributed by atoms with van der Waals surface area (Å²) in [5.41, 5.74) is 1.89. The van der Waals surface area contributed by atoms with Crippen LogP contribution in [0.2, 0.25) is 0 Å². The third-order valence-corrected chi connectivity index (χ3v) is 6.08. The molecule has 1 aromatic rings. The first-order valence-corrected chi connectivity index (χ1v) is 8.47. The molecular weight excluding hydrogens is 328 g/mol. The summed E-state index contributed by atoms with van der Waals surface area (Å²) in [6, 6.07) is 3.72. The number of rotatable bonds is 6. The van der Waals surface area contributed by atoms with Crippen LogP contribution < -0.4 is 5.32 Å². The molecule has 0 saturated heterocycles. The van der Waals surface area contributed by atoms with Crippen LogP contribution in [0.4, 0.5) is 0 Å². The summed E-state index contributed by atoms with van der Waals surface area (Å²) in [7, 11) is 0.0220. The van der Waals surface area contributed by atoms with Gasteiger partial charge in [-0.15, -0.1) is 0 Å². The van der Waals surface area contributed by atoms with Crippen molar-refractivity contribution >= 4 is 26.0 Å². The van der Waals surface area contributed by atoms with Crippen molar-refractivity contribution in [1.82, 2.24) is 9.62 Å². The van der Waals surface area contributed by atoms with Crippen molar-refractivity contribution < 1.29 is 8.42 Å². The largest absolute Gasteiger partial charge is 0.316 e. The molecule has 0 atom stereocenters. The molecule has 0 fully saturated rings. The van der Waals surface area contributed by atoms with E-state index in [2.05, 4.69) is 21.2 Å². The molecule has 0 unspecified atom stereocenters. The van der Waals surface area contributed by atoms with Crippen molar-refractivity contribution in [3.8, 4) is 0 Å². The maximum absolute atomic E-state index is 12.5. The number of benzene rings is 1. The molecule has 4 nitrogen and oxygen atoms in total. The van der Waals surface area contributed by atoms with Crippen LogP contribution in [0.1, 0.15) is 24.5 Å². The average molecular weight is 349 g/mol. The molecule has 108 valence electrons. The summed E-state index contributed by atoms with van der Waals surface area (Å²) in [6.45, 7) is 5.03. The van der Waals surface area contributed by atoms with E-state index >= 15 is 0 Å². The fourth-order valence-electron chi connectivity index (χ4n) is 1.91. The predicted molar refractivity (Wildman–Crippen MR) is 81.7 cm³/mol. The lowest BCUT2D eigenvalue weighted by Crippen LogP contribution is -2.28. The molecule has 0 radical (unpaired) electrons. The van der Waals surface area contributed by atoms with Crippen molar-refractivity contribution in [3.05, 3.63) is 27.7 Å². The van der Waals surface area contributed by atoms with E-state index in [4.69, 9.17) is 0 Å². The Morgan fingerprint density at radius 1 is 1.37 bits per heavy atom. The highest BCUT2D eigenvalue weighted by Crippen LogP contribution is 2.29. The van der Waals surface area contributed by atoms with Crippen LogP contribution >= 0.6 is 15.9 Å². The standard InChI is InChI=1S/C13H21BrN2O2S/c1-5-6-16(4)19(17,18)12-8-11(9-15-3)7-10(2)13(12)14/h7-8,15H,5-6,9H2,1-4H3. The van der Waals surface area contributed by atoms with Gasteiger partial charge in [-0.1, -0.05) is 13.0 Å². The van der Waals surface area contributed by atoms with Gasteiger partial charge in [-0.25, -0.2) is 12.7 Å². The summed E-state index contributed by atoms with van der Waals surface area (Å²) >= 11 is 3.39. The Balaban J connectivity index is 3.32. The number of hydrogen-bond donors (Lipinski definition) is 1. The lowest BCUT2D eigenvalue weighted by atomic mass is 10.1. The fourth-order valence-corrected chi connectivity index (χ4v) is 4.20. The van der Waals surface area contributed by atoms with Gasteiger partial charge < -0.3 is 5.32 Å². The zero-order chi connectivity index (χ0) is 14.6. The van der Waals surface area contributed by atoms with E-state index in [-0.39, 0.29) is 0 Å². The van der Waals surface area contributed by atoms with E-state index in [1.165, 1.54) is 4.31 Å². The third kappa shape index (κ3) is 3.78. The van der Waals surface area contributed by atoms with Crippen molar-refractivity contribution in [2.45, 2.75) is 31.7 Å². The first-order valence-electron chi connectivity index (χ1n) is 6.24. The van der Waals surface area contributed by atoms with Crippen LogP contribution in [0.25, 0.3) is 0 Å². The highest BCUT2D eigenvalue weighted by Gasteiger charge is 2.24. The summed E-state index contributed by atoms with van der Waals surface area (Å²) in [6.07, 6.45) is 0.794. The maximum Gasteiger partial charge on any atom is 0.243 e. The normalized spacial score (nSPS) is 12.1. The summed E-state index contributed by atoms with van der Waals surface area (Å²) in [5.74, 6) is 0. The van der Waals surface area contributed by atoms with Gasteiger partial charge in [0.05, 0.1) is 4.90 Å². The Morgan fingerprint density at radius 3 is 2.53 bits per heavy atom. The Morgan fingerprint density at radius 2 is 2.00 bits per heavy atom. The van der Waals surface area contributed by atoms with Gasteiger partial charge in [0.25, 0.3) is 0 Å². The number of halogens is 1. The first-order chi connectivity index (χ1) is 8.84. The smallest absolute Gasteiger partial charge is 0.243 e. The Bertz CT molecular complexity index is 544. The Labute approximate surface area is 124 Å². The molecule has 0 aliphatic carbocycles. The van der Waals surface area contributed by atoms with Crippen molar-refractivity contribution in [2.24, 2.45) is 0 Å². The molecule has 0 heterocycles. The summed E-state index contributed by atoms with van der Waals surface area (Å²) in [5, 5.41) is 3.04. The molecule has 0 aliphatic heterocycles. The molecule has 19 heavy (non-hydrogen) atoms. The van der Waals surface area contributed by atoms with Gasteiger partial charge in [0, 0.05) is 24.6 Å². The molecule has 1 aromatic carbocycles. The van der Waals surface area contributed by atoms with Gasteiger partial charge >= 0.3 is 0 Å². The molecule has 6 heteroatoms. The molecule has 0 saturated carbocycles. The summed E-state index contributed by atoms with van der Waals surface area (Å²) < 4.78 is 27.1. The first kappa shape index (κ1) is 16.6. The minimum atomic E-state index is -3.44. The van der Waals surface area contributed by atoms with Crippen LogP contribution in [0.15, 0.2) is 21.5 Å². The number of sulfonamides is 1. The van der Waals surface area contributed by atoms with Gasteiger partial charge in [0.1, 0.15) is 0 Å². The zero-order valence-corrected chi connectivity index (χ0v) is 14.2. The maximum atomic E-state index is 12.5. The van der Waals surface area contributed by atoms with Gasteiger partial charge in [-0.3, -0.25) is 0 Å². The minimum Gasteiger partial charge on any atom is -0.316 e. The topological polar surface area (TPSA) is 49.4 Å². The second-order valence-electron chi connectivity index (χ2n) is 4.58. The number of nitrogens with one attached hydrogen (secondary N) is 1. The van der Waals surface area contributed by atoms with E-state index in [1.54, 1.807) is 13.1 Å². The molecule has 1 rings (SSSR count). The van der Waals surface area contributed by atoms with Crippen LogP contribution in [0.3, 0.4) is 0 Å². The van der Waals surface area contributed by atoms with E-state index in [0.717, 1.165) is 17.5 Å². The molecule has 0 spiro atoms. The van der Waals surface area contributed by atoms with Gasteiger partial charge in [-0.2, -0.15) is 0 Å². The van der Waals surface area contributed by atoms with Crippen LogP contribution in [-0.2, 0) is 16.6 Å². The van der Waals surface area contributed by atoms with Crippen LogP contribution in [-0.4, -0.2) is 33.4 Å². The molecular formula is C13H21BrN2O2S. The second kappa shape index (κ2) is 6.83. The Hall–Kier alpha value is -0.430. The van der Waals surface area contributed by atoms with Crippen molar-refractivity contribution in [1.29, 1.82) is 0 Å². The lowest BCUT2D eigenvalue weighted by Gasteiger charge is -2.19. The number of aryl methyl sites for hydroxylation is 1. The third-order valence-electron chi connectivity index (χ3n) is 2.89. The lowest BCUT2D eigenvalue weighted by molar-refractivity contribution is 0.468. The molecule has 0 amide bonds. The minimum absolute atomic E-state index is 0.341. The van der Waals surface area contributed by atoms with Gasteiger partial charge in [0.2, 0.25) is 10.0 Å². The quantitative estimate of drug-likeness (QED) is 0.859. The SMILES string of the molecule is CCCN(C)S(=O)(=O)c1cc(CNC)cc(C)c1Br. The number of hydrogen-bond acceptors (Lipinski definition) is 3. The molecule has 0 aliphatic rings. The molecule has 1 N–H and O–H groups in total. The van der Waals surface area contributed by atoms with E-state index < -0.39 is 10.0 Å². The second-order valence-corrected chi connectivity index (χ2v) is 7.39. The Kier molecular flexibility index (Phi) is 5.98. The molecule has 0 aromatic heterocycles. The summed E-state index contributed by atoms with van der Waals surface area (Å²) in [4.78, 5) is 0.341. The highest BCUT2D eigenvalue weighted by atomic mass is 79.9. The predicted octanol–water partition coefficient (Wildman–Crippen LogP) is 2.51. The van der Waals surface area contributed by atoms with Gasteiger partial charge in [0.15, 0.2) is 0 Å².